The normalized spacial score (nSPS) is 10.8. The van der Waals surface area contributed by atoms with Crippen LogP contribution in [0.2, 0.25) is 0 Å². The van der Waals surface area contributed by atoms with Gasteiger partial charge in [0.05, 0.1) is 16.9 Å². The van der Waals surface area contributed by atoms with E-state index in [2.05, 4.69) is 32.2 Å². The summed E-state index contributed by atoms with van der Waals surface area (Å²) in [5.41, 5.74) is 4.09. The van der Waals surface area contributed by atoms with Crippen LogP contribution < -0.4 is 33.9 Å². The topological polar surface area (TPSA) is 40.6 Å². The van der Waals surface area contributed by atoms with Gasteiger partial charge in [-0.25, -0.2) is 4.57 Å². The van der Waals surface area contributed by atoms with Crippen LogP contribution in [-0.4, -0.2) is 0 Å². The molecular weight excluding hydrogens is 455 g/mol. The SMILES string of the molecule is C[n+]1c(/N=N/c2ccc(Nc3ccccc3)cc2)sc2ccccc21.[I-]. The summed E-state index contributed by atoms with van der Waals surface area (Å²) in [4.78, 5) is 0. The molecule has 0 atom stereocenters. The number of azo groups is 1. The lowest BCUT2D eigenvalue weighted by Gasteiger charge is -2.05. The molecule has 6 heteroatoms. The number of nitrogens with one attached hydrogen (secondary N) is 1. The van der Waals surface area contributed by atoms with Crippen LogP contribution in [0.3, 0.4) is 0 Å². The molecule has 1 N–H and O–H groups in total. The molecular formula is C20H17IN4S. The molecule has 0 aliphatic heterocycles. The van der Waals surface area contributed by atoms with Gasteiger partial charge in [-0.3, -0.25) is 0 Å². The van der Waals surface area contributed by atoms with E-state index in [0.717, 1.165) is 22.2 Å². The quantitative estimate of drug-likeness (QED) is 0.277. The molecule has 0 radical (unpaired) electrons. The number of aromatic nitrogens is 1. The van der Waals surface area contributed by atoms with Gasteiger partial charge >= 0.3 is 5.13 Å². The summed E-state index contributed by atoms with van der Waals surface area (Å²) in [7, 11) is 2.01. The Kier molecular flexibility index (Phi) is 5.95. The van der Waals surface area contributed by atoms with Gasteiger partial charge in [-0.05, 0) is 65.0 Å². The van der Waals surface area contributed by atoms with E-state index in [1.54, 1.807) is 11.3 Å². The summed E-state index contributed by atoms with van der Waals surface area (Å²) >= 11 is 1.64. The number of rotatable bonds is 4. The number of anilines is 2. The first-order valence-corrected chi connectivity index (χ1v) is 8.83. The number of para-hydroxylation sites is 2. The first kappa shape index (κ1) is 18.5. The van der Waals surface area contributed by atoms with Crippen molar-refractivity contribution in [3.63, 3.8) is 0 Å². The third-order valence-corrected chi connectivity index (χ3v) is 5.00. The number of nitrogens with zero attached hydrogens (tertiary/aromatic N) is 3. The van der Waals surface area contributed by atoms with Crippen molar-refractivity contribution in [2.45, 2.75) is 0 Å². The van der Waals surface area contributed by atoms with Crippen LogP contribution in [-0.2, 0) is 7.05 Å². The lowest BCUT2D eigenvalue weighted by Crippen LogP contribution is -3.00. The van der Waals surface area contributed by atoms with Crippen LogP contribution in [0, 0.1) is 0 Å². The summed E-state index contributed by atoms with van der Waals surface area (Å²) in [6.07, 6.45) is 0. The third kappa shape index (κ3) is 4.08. The molecule has 4 rings (SSSR count). The van der Waals surface area contributed by atoms with Gasteiger partial charge < -0.3 is 29.3 Å². The number of aryl methyl sites for hydroxylation is 1. The molecule has 1 aromatic heterocycles. The summed E-state index contributed by atoms with van der Waals surface area (Å²) in [5, 5.41) is 13.0. The molecule has 0 saturated carbocycles. The largest absolute Gasteiger partial charge is 1.00 e. The number of benzene rings is 3. The first-order valence-electron chi connectivity index (χ1n) is 8.01. The number of hydrogen-bond donors (Lipinski definition) is 1. The Bertz CT molecular complexity index is 1030. The van der Waals surface area contributed by atoms with E-state index < -0.39 is 0 Å². The van der Waals surface area contributed by atoms with Gasteiger partial charge in [0.25, 0.3) is 0 Å². The van der Waals surface area contributed by atoms with E-state index in [4.69, 9.17) is 0 Å². The van der Waals surface area contributed by atoms with Crippen LogP contribution in [0.15, 0.2) is 89.1 Å². The minimum Gasteiger partial charge on any atom is -1.00 e. The summed E-state index contributed by atoms with van der Waals surface area (Å²) in [6.45, 7) is 0. The zero-order valence-electron chi connectivity index (χ0n) is 14.1. The number of fused-ring (bicyclic) bond motifs is 1. The van der Waals surface area contributed by atoms with Crippen molar-refractivity contribution in [1.82, 2.24) is 0 Å². The Labute approximate surface area is 173 Å². The smallest absolute Gasteiger partial charge is 0.409 e. The van der Waals surface area contributed by atoms with E-state index >= 15 is 0 Å². The molecule has 0 saturated heterocycles. The maximum atomic E-state index is 4.41. The predicted octanol–water partition coefficient (Wildman–Crippen LogP) is 2.89. The average Bonchev–Trinajstić information content (AvgIpc) is 2.98. The Morgan fingerprint density at radius 2 is 1.42 bits per heavy atom. The summed E-state index contributed by atoms with van der Waals surface area (Å²) < 4.78 is 3.27. The molecule has 4 nitrogen and oxygen atoms in total. The molecule has 0 fully saturated rings. The minimum atomic E-state index is 0. The summed E-state index contributed by atoms with van der Waals surface area (Å²) in [5.74, 6) is 0. The molecule has 0 aliphatic rings. The highest BCUT2D eigenvalue weighted by atomic mass is 127. The van der Waals surface area contributed by atoms with Crippen molar-refractivity contribution in [3.8, 4) is 0 Å². The minimum absolute atomic E-state index is 0. The molecule has 0 amide bonds. The Balaban J connectivity index is 0.00000196. The van der Waals surface area contributed by atoms with Crippen LogP contribution in [0.4, 0.5) is 22.2 Å². The zero-order valence-corrected chi connectivity index (χ0v) is 17.1. The van der Waals surface area contributed by atoms with Crippen molar-refractivity contribution in [2.75, 3.05) is 5.32 Å². The average molecular weight is 472 g/mol. The van der Waals surface area contributed by atoms with Gasteiger partial charge in [0.1, 0.15) is 11.2 Å². The maximum absolute atomic E-state index is 4.41. The number of halogens is 1. The van der Waals surface area contributed by atoms with Gasteiger partial charge in [0, 0.05) is 11.4 Å². The standard InChI is InChI=1S/C20H16N4S.HI/c1-24-18-9-5-6-10-19(18)25-20(24)23-22-17-13-11-16(12-14-17)21-15-7-3-2-4-8-15;/h2-14H,1H3;1H. The maximum Gasteiger partial charge on any atom is 0.409 e. The van der Waals surface area contributed by atoms with E-state index in [1.165, 1.54) is 10.2 Å². The highest BCUT2D eigenvalue weighted by Crippen LogP contribution is 2.27. The van der Waals surface area contributed by atoms with E-state index in [9.17, 15) is 0 Å². The second-order valence-electron chi connectivity index (χ2n) is 5.65. The highest BCUT2D eigenvalue weighted by Gasteiger charge is 2.15. The van der Waals surface area contributed by atoms with Crippen LogP contribution in [0.25, 0.3) is 10.2 Å². The van der Waals surface area contributed by atoms with E-state index in [0.29, 0.717) is 0 Å². The molecule has 0 aliphatic carbocycles. The van der Waals surface area contributed by atoms with Gasteiger partial charge in [-0.15, -0.1) is 0 Å². The van der Waals surface area contributed by atoms with Crippen molar-refractivity contribution in [1.29, 1.82) is 0 Å². The van der Waals surface area contributed by atoms with Gasteiger partial charge in [0.15, 0.2) is 0 Å². The Hall–Kier alpha value is -2.32. The van der Waals surface area contributed by atoms with Crippen molar-refractivity contribution < 1.29 is 28.5 Å². The fourth-order valence-corrected chi connectivity index (χ4v) is 3.55. The predicted molar refractivity (Wildman–Crippen MR) is 103 cm³/mol. The molecule has 0 spiro atoms. The van der Waals surface area contributed by atoms with Crippen LogP contribution >= 0.6 is 11.3 Å². The highest BCUT2D eigenvalue weighted by molar-refractivity contribution is 7.21. The van der Waals surface area contributed by atoms with Crippen molar-refractivity contribution in [3.05, 3.63) is 78.9 Å². The lowest BCUT2D eigenvalue weighted by molar-refractivity contribution is -0.627. The van der Waals surface area contributed by atoms with Crippen molar-refractivity contribution in [2.24, 2.45) is 17.3 Å². The van der Waals surface area contributed by atoms with Crippen molar-refractivity contribution >= 4 is 43.7 Å². The van der Waals surface area contributed by atoms with E-state index in [-0.39, 0.29) is 24.0 Å². The molecule has 0 unspecified atom stereocenters. The van der Waals surface area contributed by atoms with E-state index in [1.807, 2.05) is 73.8 Å². The second-order valence-corrected chi connectivity index (χ2v) is 6.66. The first-order chi connectivity index (χ1) is 12.3. The molecule has 3 aromatic carbocycles. The van der Waals surface area contributed by atoms with Gasteiger partial charge in [-0.1, -0.05) is 30.3 Å². The molecule has 4 aromatic rings. The summed E-state index contributed by atoms with van der Waals surface area (Å²) in [6, 6.07) is 26.3. The second kappa shape index (κ2) is 8.37. The zero-order chi connectivity index (χ0) is 17.1. The Morgan fingerprint density at radius 1 is 0.769 bits per heavy atom. The lowest BCUT2D eigenvalue weighted by atomic mass is 10.2. The third-order valence-electron chi connectivity index (χ3n) is 3.90. The van der Waals surface area contributed by atoms with Gasteiger partial charge in [0.2, 0.25) is 0 Å². The molecule has 26 heavy (non-hydrogen) atoms. The molecule has 130 valence electrons. The fraction of sp³-hybridized carbons (Fsp3) is 0.0500. The monoisotopic (exact) mass is 472 g/mol. The van der Waals surface area contributed by atoms with Gasteiger partial charge in [-0.2, -0.15) is 0 Å². The Morgan fingerprint density at radius 3 is 2.15 bits per heavy atom. The fourth-order valence-electron chi connectivity index (χ4n) is 2.58. The van der Waals surface area contributed by atoms with Crippen LogP contribution in [0.5, 0.6) is 0 Å². The molecule has 1 heterocycles. The molecule has 0 bridgehead atoms. The van der Waals surface area contributed by atoms with Crippen LogP contribution in [0.1, 0.15) is 0 Å². The number of hydrogen-bond acceptors (Lipinski definition) is 4. The number of thiazole rings is 1.